The molecule has 0 saturated heterocycles. The smallest absolute Gasteiger partial charge is 0.124 e. The fourth-order valence-electron chi connectivity index (χ4n) is 1.46. The first-order valence-corrected chi connectivity index (χ1v) is 7.09. The molecule has 0 fully saturated rings. The predicted octanol–water partition coefficient (Wildman–Crippen LogP) is 2.58. The normalized spacial score (nSPS) is 10.8. The fraction of sp³-hybridized carbons (Fsp3) is 0.462. The Balaban J connectivity index is 2.39. The van der Waals surface area contributed by atoms with Crippen molar-refractivity contribution in [2.45, 2.75) is 0 Å². The third kappa shape index (κ3) is 6.31. The molecule has 0 atom stereocenters. The number of hydrogen-bond donors (Lipinski definition) is 2. The summed E-state index contributed by atoms with van der Waals surface area (Å²) in [4.78, 5) is 2.06. The van der Waals surface area contributed by atoms with E-state index in [0.717, 1.165) is 12.2 Å². The number of ether oxygens (including phenoxy) is 1. The lowest BCUT2D eigenvalue weighted by molar-refractivity contribution is 0.126. The van der Waals surface area contributed by atoms with Gasteiger partial charge in [-0.05, 0) is 54.9 Å². The van der Waals surface area contributed by atoms with Gasteiger partial charge >= 0.3 is 0 Å². The fourth-order valence-corrected chi connectivity index (χ4v) is 1.91. The van der Waals surface area contributed by atoms with Crippen LogP contribution in [0.4, 0.5) is 10.1 Å². The monoisotopic (exact) mass is 379 g/mol. The van der Waals surface area contributed by atoms with Crippen molar-refractivity contribution >= 4 is 32.0 Å². The van der Waals surface area contributed by atoms with Crippen molar-refractivity contribution in [3.63, 3.8) is 0 Å². The Hall–Kier alpha value is -0.730. The lowest BCUT2D eigenvalue weighted by atomic mass is 10.2. The third-order valence-electron chi connectivity index (χ3n) is 2.46. The molecule has 0 unspecified atom stereocenters. The zero-order valence-electron chi connectivity index (χ0n) is 11.2. The van der Waals surface area contributed by atoms with E-state index in [4.69, 9.17) is 10.1 Å². The van der Waals surface area contributed by atoms with Gasteiger partial charge in [0.1, 0.15) is 9.54 Å². The molecule has 0 amide bonds. The topological polar surface area (TPSA) is 48.4 Å². The molecule has 1 rings (SSSR count). The van der Waals surface area contributed by atoms with Gasteiger partial charge in [-0.1, -0.05) is 0 Å². The maximum Gasteiger partial charge on any atom is 0.124 e. The van der Waals surface area contributed by atoms with E-state index in [-0.39, 0.29) is 5.82 Å². The summed E-state index contributed by atoms with van der Waals surface area (Å²) in [5.74, 6) is -0.329. The number of halogens is 2. The van der Waals surface area contributed by atoms with E-state index in [1.165, 1.54) is 12.1 Å². The number of benzene rings is 1. The summed E-state index contributed by atoms with van der Waals surface area (Å²) in [6, 6.07) is 4.40. The summed E-state index contributed by atoms with van der Waals surface area (Å²) in [7, 11) is 4.00. The van der Waals surface area contributed by atoms with Gasteiger partial charge in [-0.15, -0.1) is 0 Å². The Labute approximate surface area is 127 Å². The Morgan fingerprint density at radius 3 is 2.79 bits per heavy atom. The molecule has 0 bridgehead atoms. The van der Waals surface area contributed by atoms with Crippen LogP contribution >= 0.6 is 22.6 Å². The summed E-state index contributed by atoms with van der Waals surface area (Å²) < 4.78 is 18.9. The summed E-state index contributed by atoms with van der Waals surface area (Å²) in [6.45, 7) is 2.79. The molecule has 0 spiro atoms. The Morgan fingerprint density at radius 2 is 2.16 bits per heavy atom. The van der Waals surface area contributed by atoms with E-state index in [1.807, 2.05) is 36.7 Å². The van der Waals surface area contributed by atoms with Gasteiger partial charge in [-0.3, -0.25) is 5.41 Å². The molecule has 1 aromatic carbocycles. The molecule has 0 saturated carbocycles. The van der Waals surface area contributed by atoms with E-state index < -0.39 is 0 Å². The zero-order chi connectivity index (χ0) is 14.3. The Bertz CT molecular complexity index is 426. The molecule has 0 aliphatic carbocycles. The highest BCUT2D eigenvalue weighted by Gasteiger charge is 2.06. The summed E-state index contributed by atoms with van der Waals surface area (Å²) in [5.41, 5.74) is 1.34. The maximum atomic E-state index is 13.1. The third-order valence-corrected chi connectivity index (χ3v) is 3.04. The van der Waals surface area contributed by atoms with Crippen LogP contribution in [0.3, 0.4) is 0 Å². The predicted molar refractivity (Wildman–Crippen MR) is 85.1 cm³/mol. The second-order valence-electron chi connectivity index (χ2n) is 4.35. The molecule has 0 radical (unpaired) electrons. The van der Waals surface area contributed by atoms with Crippen molar-refractivity contribution in [1.82, 2.24) is 4.90 Å². The number of hydrogen-bond acceptors (Lipinski definition) is 4. The van der Waals surface area contributed by atoms with Crippen LogP contribution in [0.1, 0.15) is 5.56 Å². The van der Waals surface area contributed by atoms with Crippen LogP contribution in [-0.4, -0.2) is 49.0 Å². The van der Waals surface area contributed by atoms with Crippen molar-refractivity contribution in [3.05, 3.63) is 29.6 Å². The summed E-state index contributed by atoms with van der Waals surface area (Å²) in [6.07, 6.45) is 0. The van der Waals surface area contributed by atoms with Crippen molar-refractivity contribution in [2.75, 3.05) is 45.7 Å². The standard InChI is InChI=1S/C13H19FIN3O/c1-18(2)6-8-19-7-5-17-12-4-3-10(14)9-11(12)13(15)16/h3-4,9,16-17H,5-8H2,1-2H3. The average Bonchev–Trinajstić information content (AvgIpc) is 2.34. The lowest BCUT2D eigenvalue weighted by Gasteiger charge is -2.12. The highest BCUT2D eigenvalue weighted by Crippen LogP contribution is 2.19. The van der Waals surface area contributed by atoms with Gasteiger partial charge in [0, 0.05) is 24.3 Å². The first kappa shape index (κ1) is 16.3. The van der Waals surface area contributed by atoms with Gasteiger partial charge in [-0.25, -0.2) is 4.39 Å². The largest absolute Gasteiger partial charge is 0.382 e. The molecule has 19 heavy (non-hydrogen) atoms. The van der Waals surface area contributed by atoms with Crippen LogP contribution in [-0.2, 0) is 4.74 Å². The Morgan fingerprint density at radius 1 is 1.42 bits per heavy atom. The van der Waals surface area contributed by atoms with E-state index in [1.54, 1.807) is 6.07 Å². The first-order chi connectivity index (χ1) is 9.00. The molecule has 6 heteroatoms. The van der Waals surface area contributed by atoms with Gasteiger partial charge < -0.3 is 15.0 Å². The van der Waals surface area contributed by atoms with Crippen molar-refractivity contribution in [1.29, 1.82) is 5.41 Å². The highest BCUT2D eigenvalue weighted by atomic mass is 127. The van der Waals surface area contributed by atoms with Crippen LogP contribution in [0.5, 0.6) is 0 Å². The van der Waals surface area contributed by atoms with Crippen molar-refractivity contribution in [3.8, 4) is 0 Å². The van der Waals surface area contributed by atoms with Crippen LogP contribution in [0, 0.1) is 11.2 Å². The number of anilines is 1. The van der Waals surface area contributed by atoms with E-state index in [9.17, 15) is 4.39 Å². The summed E-state index contributed by atoms with van der Waals surface area (Å²) >= 11 is 1.87. The second kappa shape index (κ2) is 8.44. The molecule has 2 N–H and O–H groups in total. The highest BCUT2D eigenvalue weighted by molar-refractivity contribution is 14.1. The van der Waals surface area contributed by atoms with Gasteiger partial charge in [0.15, 0.2) is 0 Å². The van der Waals surface area contributed by atoms with Crippen molar-refractivity contribution < 1.29 is 9.13 Å². The quantitative estimate of drug-likeness (QED) is 0.415. The second-order valence-corrected chi connectivity index (χ2v) is 5.43. The van der Waals surface area contributed by atoms with Gasteiger partial charge in [-0.2, -0.15) is 0 Å². The molecule has 0 aliphatic rings. The SMILES string of the molecule is CN(C)CCOCCNc1ccc(F)cc1C(=N)I. The molecule has 4 nitrogen and oxygen atoms in total. The van der Waals surface area contributed by atoms with Gasteiger partial charge in [0.2, 0.25) is 0 Å². The maximum absolute atomic E-state index is 13.1. The molecule has 106 valence electrons. The number of nitrogens with zero attached hydrogens (tertiary/aromatic N) is 1. The zero-order valence-corrected chi connectivity index (χ0v) is 13.3. The number of likely N-dealkylation sites (N-methyl/N-ethyl adjacent to an activating group) is 1. The van der Waals surface area contributed by atoms with E-state index in [2.05, 4.69) is 10.2 Å². The average molecular weight is 379 g/mol. The van der Waals surface area contributed by atoms with Crippen LogP contribution < -0.4 is 5.32 Å². The van der Waals surface area contributed by atoms with E-state index >= 15 is 0 Å². The molecule has 0 aliphatic heterocycles. The minimum atomic E-state index is -0.329. The molecular formula is C13H19FIN3O. The number of rotatable bonds is 8. The van der Waals surface area contributed by atoms with Gasteiger partial charge in [0.05, 0.1) is 13.2 Å². The Kier molecular flexibility index (Phi) is 7.25. The molecule has 0 aromatic heterocycles. The van der Waals surface area contributed by atoms with E-state index in [0.29, 0.717) is 29.0 Å². The summed E-state index contributed by atoms with van der Waals surface area (Å²) in [5, 5.41) is 10.8. The van der Waals surface area contributed by atoms with Gasteiger partial charge in [0.25, 0.3) is 0 Å². The first-order valence-electron chi connectivity index (χ1n) is 6.01. The minimum Gasteiger partial charge on any atom is -0.382 e. The molecular weight excluding hydrogens is 360 g/mol. The molecule has 1 aromatic rings. The van der Waals surface area contributed by atoms with Crippen LogP contribution in [0.25, 0.3) is 0 Å². The molecule has 0 heterocycles. The van der Waals surface area contributed by atoms with Crippen molar-refractivity contribution in [2.24, 2.45) is 0 Å². The minimum absolute atomic E-state index is 0.313. The lowest BCUT2D eigenvalue weighted by Crippen LogP contribution is -2.20. The number of nitrogens with one attached hydrogen (secondary N) is 2. The van der Waals surface area contributed by atoms with Crippen LogP contribution in [0.2, 0.25) is 0 Å². The van der Waals surface area contributed by atoms with Crippen LogP contribution in [0.15, 0.2) is 18.2 Å².